The Morgan fingerprint density at radius 2 is 1.75 bits per heavy atom. The minimum Gasteiger partial charge on any atom is -0.475 e. The maximum absolute atomic E-state index is 12.9. The monoisotopic (exact) mass is 514 g/mol. The van der Waals surface area contributed by atoms with E-state index in [1.807, 2.05) is 24.3 Å². The zero-order valence-corrected chi connectivity index (χ0v) is 19.3. The lowest BCUT2D eigenvalue weighted by atomic mass is 9.92. The number of aliphatic hydroxyl groups excluding tert-OH is 1. The fourth-order valence-electron chi connectivity index (χ4n) is 4.06. The predicted octanol–water partition coefficient (Wildman–Crippen LogP) is -0.0153. The van der Waals surface area contributed by atoms with E-state index < -0.39 is 36.2 Å². The summed E-state index contributed by atoms with van der Waals surface area (Å²) in [6.07, 6.45) is -3.23. The van der Waals surface area contributed by atoms with Gasteiger partial charge < -0.3 is 31.5 Å². The lowest BCUT2D eigenvalue weighted by Gasteiger charge is -2.30. The number of aliphatic hydroxyl groups is 1. The largest absolute Gasteiger partial charge is 0.490 e. The summed E-state index contributed by atoms with van der Waals surface area (Å²) in [6.45, 7) is 1.17. The van der Waals surface area contributed by atoms with Gasteiger partial charge >= 0.3 is 12.1 Å². The number of aliphatic carboxylic acids is 1. The number of fused-ring (bicyclic) bond motifs is 1. The zero-order chi connectivity index (χ0) is 26.5. The molecule has 0 aromatic heterocycles. The van der Waals surface area contributed by atoms with Crippen molar-refractivity contribution in [2.75, 3.05) is 6.54 Å². The van der Waals surface area contributed by atoms with E-state index in [0.29, 0.717) is 25.9 Å². The number of carbonyl (C=O) groups is 4. The molecule has 2 heterocycles. The number of carboxylic acid groups (broad SMARTS) is 1. The maximum atomic E-state index is 12.9. The van der Waals surface area contributed by atoms with Crippen molar-refractivity contribution in [3.63, 3.8) is 0 Å². The number of carbonyl (C=O) groups excluding carboxylic acids is 3. The molecule has 1 unspecified atom stereocenters. The van der Waals surface area contributed by atoms with E-state index in [2.05, 4.69) is 21.3 Å². The van der Waals surface area contributed by atoms with Crippen LogP contribution in [0.4, 0.5) is 13.2 Å². The standard InChI is InChI=1S/C21H28N4O4.C2HF3O2/c26-18(21(29)24-15-5-6-15)16(10-13-7-8-22-19(13)27)25-20(28)17-9-12-3-1-2-4-14(12)11-23-17;3-2(4,5)1(6)7/h1-4,13,15-18,23,26H,5-11H2,(H,22,27)(H,24,29)(H,25,28);(H,6,7)/t13-,16-,17-,18?;/m0./s1. The number of nitrogens with one attached hydrogen (secondary N) is 4. The van der Waals surface area contributed by atoms with E-state index in [1.54, 1.807) is 0 Å². The number of halogens is 3. The molecule has 6 N–H and O–H groups in total. The maximum Gasteiger partial charge on any atom is 0.490 e. The Labute approximate surface area is 205 Å². The first-order valence-corrected chi connectivity index (χ1v) is 11.6. The fraction of sp³-hybridized carbons (Fsp3) is 0.565. The Kier molecular flexibility index (Phi) is 8.90. The minimum absolute atomic E-state index is 0.0937. The third-order valence-corrected chi connectivity index (χ3v) is 6.24. The second-order valence-electron chi connectivity index (χ2n) is 9.06. The second-order valence-corrected chi connectivity index (χ2v) is 9.06. The lowest BCUT2D eigenvalue weighted by Crippen LogP contribution is -2.56. The highest BCUT2D eigenvalue weighted by atomic mass is 19.4. The van der Waals surface area contributed by atoms with Crippen LogP contribution < -0.4 is 21.3 Å². The molecule has 2 fully saturated rings. The van der Waals surface area contributed by atoms with E-state index in [9.17, 15) is 32.7 Å². The van der Waals surface area contributed by atoms with Crippen LogP contribution in [0.2, 0.25) is 0 Å². The quantitative estimate of drug-likeness (QED) is 0.299. The van der Waals surface area contributed by atoms with Gasteiger partial charge in [-0.2, -0.15) is 13.2 Å². The molecule has 0 bridgehead atoms. The van der Waals surface area contributed by atoms with Gasteiger partial charge in [-0.1, -0.05) is 24.3 Å². The van der Waals surface area contributed by atoms with Crippen LogP contribution in [0.5, 0.6) is 0 Å². The lowest BCUT2D eigenvalue weighted by molar-refractivity contribution is -0.192. The van der Waals surface area contributed by atoms with Gasteiger partial charge in [-0.3, -0.25) is 14.4 Å². The smallest absolute Gasteiger partial charge is 0.475 e. The van der Waals surface area contributed by atoms with Crippen molar-refractivity contribution in [2.24, 2.45) is 5.92 Å². The molecule has 1 aliphatic carbocycles. The van der Waals surface area contributed by atoms with Gasteiger partial charge in [0.25, 0.3) is 5.91 Å². The summed E-state index contributed by atoms with van der Waals surface area (Å²) < 4.78 is 31.7. The first-order valence-electron chi connectivity index (χ1n) is 11.6. The summed E-state index contributed by atoms with van der Waals surface area (Å²) in [7, 11) is 0. The number of carboxylic acids is 1. The van der Waals surface area contributed by atoms with E-state index in [1.165, 1.54) is 5.56 Å². The molecule has 0 spiro atoms. The molecule has 13 heteroatoms. The van der Waals surface area contributed by atoms with Crippen LogP contribution in [0.3, 0.4) is 0 Å². The molecular weight excluding hydrogens is 485 g/mol. The van der Waals surface area contributed by atoms with Gasteiger partial charge in [0, 0.05) is 25.0 Å². The fourth-order valence-corrected chi connectivity index (χ4v) is 4.06. The highest BCUT2D eigenvalue weighted by Crippen LogP contribution is 2.22. The summed E-state index contributed by atoms with van der Waals surface area (Å²) >= 11 is 0. The van der Waals surface area contributed by atoms with Crippen molar-refractivity contribution in [1.82, 2.24) is 21.3 Å². The summed E-state index contributed by atoms with van der Waals surface area (Å²) in [6, 6.07) is 6.82. The second kappa shape index (κ2) is 11.7. The summed E-state index contributed by atoms with van der Waals surface area (Å²) in [5, 5.41) is 29.4. The highest BCUT2D eigenvalue weighted by molar-refractivity contribution is 5.86. The Bertz CT molecular complexity index is 985. The number of alkyl halides is 3. The van der Waals surface area contributed by atoms with Crippen LogP contribution in [-0.4, -0.2) is 70.9 Å². The molecule has 0 radical (unpaired) electrons. The van der Waals surface area contributed by atoms with Gasteiger partial charge in [0.1, 0.15) is 0 Å². The Balaban J connectivity index is 0.000000454. The van der Waals surface area contributed by atoms with Crippen molar-refractivity contribution in [3.05, 3.63) is 35.4 Å². The van der Waals surface area contributed by atoms with Crippen molar-refractivity contribution in [2.45, 2.75) is 69.1 Å². The van der Waals surface area contributed by atoms with E-state index >= 15 is 0 Å². The molecule has 1 saturated heterocycles. The average molecular weight is 515 g/mol. The van der Waals surface area contributed by atoms with Crippen LogP contribution in [-0.2, 0) is 32.1 Å². The van der Waals surface area contributed by atoms with Gasteiger partial charge in [0.2, 0.25) is 11.8 Å². The molecule has 4 rings (SSSR count). The number of hydrogen-bond acceptors (Lipinski definition) is 6. The molecule has 36 heavy (non-hydrogen) atoms. The third kappa shape index (κ3) is 7.65. The van der Waals surface area contributed by atoms with Crippen molar-refractivity contribution >= 4 is 23.7 Å². The highest BCUT2D eigenvalue weighted by Gasteiger charge is 2.39. The van der Waals surface area contributed by atoms with Gasteiger partial charge in [-0.25, -0.2) is 4.79 Å². The molecule has 1 saturated carbocycles. The van der Waals surface area contributed by atoms with Crippen molar-refractivity contribution < 1.29 is 42.6 Å². The topological polar surface area (TPSA) is 157 Å². The van der Waals surface area contributed by atoms with Gasteiger partial charge in [0.15, 0.2) is 6.10 Å². The molecule has 4 atom stereocenters. The predicted molar refractivity (Wildman–Crippen MR) is 119 cm³/mol. The van der Waals surface area contributed by atoms with Crippen LogP contribution in [0.15, 0.2) is 24.3 Å². The minimum atomic E-state index is -5.08. The molecule has 3 amide bonds. The molecule has 10 nitrogen and oxygen atoms in total. The van der Waals surface area contributed by atoms with Gasteiger partial charge in [0.05, 0.1) is 12.1 Å². The van der Waals surface area contributed by atoms with E-state index in [0.717, 1.165) is 18.4 Å². The van der Waals surface area contributed by atoms with Crippen LogP contribution in [0, 0.1) is 5.92 Å². The van der Waals surface area contributed by atoms with Gasteiger partial charge in [-0.05, 0) is 43.2 Å². The first kappa shape index (κ1) is 27.4. The third-order valence-electron chi connectivity index (χ3n) is 6.24. The zero-order valence-electron chi connectivity index (χ0n) is 19.3. The molecule has 1 aromatic carbocycles. The van der Waals surface area contributed by atoms with Crippen molar-refractivity contribution in [3.8, 4) is 0 Å². The van der Waals surface area contributed by atoms with Crippen LogP contribution >= 0.6 is 0 Å². The first-order chi connectivity index (χ1) is 17.0. The number of rotatable bonds is 7. The number of benzene rings is 1. The molecular formula is C23H29F3N4O6. The Hall–Kier alpha value is -3.19. The summed E-state index contributed by atoms with van der Waals surface area (Å²) in [5.74, 6) is -3.92. The average Bonchev–Trinajstić information content (AvgIpc) is 3.56. The van der Waals surface area contributed by atoms with Gasteiger partial charge in [-0.15, -0.1) is 0 Å². The van der Waals surface area contributed by atoms with E-state index in [4.69, 9.17) is 9.90 Å². The summed E-state index contributed by atoms with van der Waals surface area (Å²) in [5.41, 5.74) is 2.28. The molecule has 198 valence electrons. The normalized spacial score (nSPS) is 22.7. The SMILES string of the molecule is O=C(NC1CC1)C(O)[C@H](C[C@@H]1CCNC1=O)NC(=O)[C@@H]1Cc2ccccc2CN1.O=C(O)C(F)(F)F. The van der Waals surface area contributed by atoms with Crippen LogP contribution in [0.1, 0.15) is 36.8 Å². The number of amides is 3. The molecule has 2 aliphatic heterocycles. The summed E-state index contributed by atoms with van der Waals surface area (Å²) in [4.78, 5) is 46.2. The molecule has 1 aromatic rings. The van der Waals surface area contributed by atoms with Crippen LogP contribution in [0.25, 0.3) is 0 Å². The Morgan fingerprint density at radius 1 is 1.11 bits per heavy atom. The Morgan fingerprint density at radius 3 is 2.31 bits per heavy atom. The molecule has 3 aliphatic rings. The number of hydrogen-bond donors (Lipinski definition) is 6. The van der Waals surface area contributed by atoms with Crippen molar-refractivity contribution in [1.29, 1.82) is 0 Å². The van der Waals surface area contributed by atoms with E-state index in [-0.39, 0.29) is 30.2 Å².